The van der Waals surface area contributed by atoms with Gasteiger partial charge in [-0.05, 0) is 13.8 Å². The van der Waals surface area contributed by atoms with Crippen molar-refractivity contribution in [2.45, 2.75) is 19.9 Å². The number of carbonyl (C=O) groups excluding carboxylic acids is 1. The topological polar surface area (TPSA) is 33.7 Å². The monoisotopic (exact) mass is 178 g/mol. The second-order valence-corrected chi connectivity index (χ2v) is 3.16. The van der Waals surface area contributed by atoms with Crippen molar-refractivity contribution in [3.05, 3.63) is 35.9 Å². The van der Waals surface area contributed by atoms with Gasteiger partial charge in [-0.2, -0.15) is 0 Å². The van der Waals surface area contributed by atoms with Crippen LogP contribution in [0, 0.1) is 0 Å². The highest BCUT2D eigenvalue weighted by molar-refractivity contribution is 5.98. The van der Waals surface area contributed by atoms with Gasteiger partial charge in [-0.25, -0.2) is 0 Å². The van der Waals surface area contributed by atoms with E-state index in [4.69, 9.17) is 0 Å². The van der Waals surface area contributed by atoms with Crippen molar-refractivity contribution in [1.29, 1.82) is 0 Å². The number of rotatable bonds is 4. The zero-order chi connectivity index (χ0) is 9.68. The van der Waals surface area contributed by atoms with Crippen molar-refractivity contribution in [2.75, 3.05) is 6.54 Å². The van der Waals surface area contributed by atoms with E-state index < -0.39 is 0 Å². The molecule has 1 unspecified atom stereocenters. The van der Waals surface area contributed by atoms with Crippen LogP contribution in [-0.4, -0.2) is 18.4 Å². The first kappa shape index (κ1) is 9.93. The summed E-state index contributed by atoms with van der Waals surface area (Å²) < 4.78 is 0. The molecule has 1 rings (SSSR count). The quantitative estimate of drug-likeness (QED) is 0.681. The summed E-state index contributed by atoms with van der Waals surface area (Å²) in [5.41, 5.74) is 0.805. The zero-order valence-corrected chi connectivity index (χ0v) is 8.16. The van der Waals surface area contributed by atoms with E-state index in [1.54, 1.807) is 0 Å². The Morgan fingerprint density at radius 3 is 2.54 bits per heavy atom. The standard InChI is InChI=1S/C11H15NO/c1-3-12-9(2)11(13)10-7-5-4-6-8-10/h4-9,12H,3H2,1-2H3/p+1. The fourth-order valence-corrected chi connectivity index (χ4v) is 1.33. The van der Waals surface area contributed by atoms with Crippen molar-refractivity contribution >= 4 is 5.78 Å². The summed E-state index contributed by atoms with van der Waals surface area (Å²) >= 11 is 0. The molecule has 0 aliphatic rings. The molecule has 0 radical (unpaired) electrons. The van der Waals surface area contributed by atoms with Gasteiger partial charge in [0, 0.05) is 5.56 Å². The number of nitrogens with two attached hydrogens (primary N) is 1. The number of hydrogen-bond acceptors (Lipinski definition) is 1. The van der Waals surface area contributed by atoms with Crippen LogP contribution in [0.4, 0.5) is 0 Å². The Kier molecular flexibility index (Phi) is 3.65. The minimum atomic E-state index is 0.0346. The van der Waals surface area contributed by atoms with E-state index in [1.165, 1.54) is 0 Å². The van der Waals surface area contributed by atoms with E-state index in [2.05, 4.69) is 6.92 Å². The van der Waals surface area contributed by atoms with Gasteiger partial charge in [0.15, 0.2) is 0 Å². The summed E-state index contributed by atoms with van der Waals surface area (Å²) in [6.07, 6.45) is 0. The Morgan fingerprint density at radius 2 is 2.00 bits per heavy atom. The predicted octanol–water partition coefficient (Wildman–Crippen LogP) is 0.841. The van der Waals surface area contributed by atoms with Crippen molar-refractivity contribution in [3.63, 3.8) is 0 Å². The second-order valence-electron chi connectivity index (χ2n) is 3.16. The maximum Gasteiger partial charge on any atom is 0.219 e. The third-order valence-electron chi connectivity index (χ3n) is 2.06. The van der Waals surface area contributed by atoms with Gasteiger partial charge in [0.05, 0.1) is 6.54 Å². The summed E-state index contributed by atoms with van der Waals surface area (Å²) in [4.78, 5) is 11.7. The molecule has 13 heavy (non-hydrogen) atoms. The lowest BCUT2D eigenvalue weighted by atomic mass is 10.1. The molecule has 1 atom stereocenters. The highest BCUT2D eigenvalue weighted by Gasteiger charge is 2.15. The highest BCUT2D eigenvalue weighted by Crippen LogP contribution is 2.00. The van der Waals surface area contributed by atoms with Gasteiger partial charge < -0.3 is 5.32 Å². The van der Waals surface area contributed by atoms with Crippen LogP contribution in [0.2, 0.25) is 0 Å². The SMILES string of the molecule is CC[NH2+]C(C)C(=O)c1ccccc1. The van der Waals surface area contributed by atoms with Crippen LogP contribution in [0.25, 0.3) is 0 Å². The molecular weight excluding hydrogens is 162 g/mol. The molecule has 70 valence electrons. The van der Waals surface area contributed by atoms with Crippen molar-refractivity contribution in [2.24, 2.45) is 0 Å². The molecule has 0 heterocycles. The first-order chi connectivity index (χ1) is 6.25. The third kappa shape index (κ3) is 2.67. The zero-order valence-electron chi connectivity index (χ0n) is 8.16. The second kappa shape index (κ2) is 4.77. The molecule has 0 amide bonds. The van der Waals surface area contributed by atoms with Gasteiger partial charge in [0.25, 0.3) is 0 Å². The first-order valence-corrected chi connectivity index (χ1v) is 4.68. The van der Waals surface area contributed by atoms with Crippen LogP contribution in [0.15, 0.2) is 30.3 Å². The summed E-state index contributed by atoms with van der Waals surface area (Å²) in [6.45, 7) is 4.94. The van der Waals surface area contributed by atoms with Gasteiger partial charge in [0.1, 0.15) is 6.04 Å². The van der Waals surface area contributed by atoms with Gasteiger partial charge in [-0.1, -0.05) is 30.3 Å². The van der Waals surface area contributed by atoms with Crippen LogP contribution in [0.5, 0.6) is 0 Å². The fourth-order valence-electron chi connectivity index (χ4n) is 1.33. The van der Waals surface area contributed by atoms with Gasteiger partial charge in [-0.15, -0.1) is 0 Å². The summed E-state index contributed by atoms with van der Waals surface area (Å²) in [7, 11) is 0. The van der Waals surface area contributed by atoms with E-state index in [-0.39, 0.29) is 11.8 Å². The molecule has 0 saturated heterocycles. The Morgan fingerprint density at radius 1 is 1.38 bits per heavy atom. The van der Waals surface area contributed by atoms with Gasteiger partial charge in [0.2, 0.25) is 5.78 Å². The normalized spacial score (nSPS) is 12.5. The number of ketones is 1. The van der Waals surface area contributed by atoms with E-state index in [0.717, 1.165) is 12.1 Å². The number of likely N-dealkylation sites (N-methyl/N-ethyl adjacent to an activating group) is 1. The van der Waals surface area contributed by atoms with E-state index >= 15 is 0 Å². The molecule has 1 aromatic rings. The average molecular weight is 178 g/mol. The molecule has 2 N–H and O–H groups in total. The smallest absolute Gasteiger partial charge is 0.219 e. The molecule has 2 nitrogen and oxygen atoms in total. The fraction of sp³-hybridized carbons (Fsp3) is 0.364. The van der Waals surface area contributed by atoms with Crippen molar-refractivity contribution in [1.82, 2.24) is 0 Å². The number of quaternary nitrogens is 1. The number of Topliss-reactive ketones (excluding diaryl/α,β-unsaturated/α-hetero) is 1. The minimum absolute atomic E-state index is 0.0346. The molecule has 2 heteroatoms. The maximum atomic E-state index is 11.7. The van der Waals surface area contributed by atoms with Crippen LogP contribution >= 0.6 is 0 Å². The predicted molar refractivity (Wildman–Crippen MR) is 52.7 cm³/mol. The van der Waals surface area contributed by atoms with E-state index in [0.29, 0.717) is 0 Å². The van der Waals surface area contributed by atoms with E-state index in [9.17, 15) is 4.79 Å². The molecule has 0 fully saturated rings. The Bertz CT molecular complexity index is 269. The molecule has 0 aliphatic heterocycles. The largest absolute Gasteiger partial charge is 0.338 e. The van der Waals surface area contributed by atoms with E-state index in [1.807, 2.05) is 42.6 Å². The lowest BCUT2D eigenvalue weighted by molar-refractivity contribution is -0.669. The highest BCUT2D eigenvalue weighted by atomic mass is 16.1. The Hall–Kier alpha value is -1.15. The van der Waals surface area contributed by atoms with Gasteiger partial charge in [-0.3, -0.25) is 4.79 Å². The lowest BCUT2D eigenvalue weighted by Crippen LogP contribution is -2.90. The Balaban J connectivity index is 2.68. The molecule has 0 aliphatic carbocycles. The molecule has 0 spiro atoms. The summed E-state index contributed by atoms with van der Waals surface area (Å²) in [6, 6.07) is 9.47. The molecule has 0 aromatic heterocycles. The van der Waals surface area contributed by atoms with Crippen molar-refractivity contribution < 1.29 is 10.1 Å². The first-order valence-electron chi connectivity index (χ1n) is 4.68. The molecule has 0 saturated carbocycles. The molecule has 1 aromatic carbocycles. The summed E-state index contributed by atoms with van der Waals surface area (Å²) in [5.74, 6) is 0.211. The van der Waals surface area contributed by atoms with Crippen LogP contribution in [0.3, 0.4) is 0 Å². The average Bonchev–Trinajstić information content (AvgIpc) is 2.18. The summed E-state index contributed by atoms with van der Waals surface area (Å²) in [5, 5.41) is 2.04. The van der Waals surface area contributed by atoms with Crippen LogP contribution in [-0.2, 0) is 0 Å². The van der Waals surface area contributed by atoms with Crippen LogP contribution < -0.4 is 5.32 Å². The number of benzene rings is 1. The van der Waals surface area contributed by atoms with Crippen molar-refractivity contribution in [3.8, 4) is 0 Å². The third-order valence-corrected chi connectivity index (χ3v) is 2.06. The lowest BCUT2D eigenvalue weighted by Gasteiger charge is -2.07. The minimum Gasteiger partial charge on any atom is -0.338 e. The number of hydrogen-bond donors (Lipinski definition) is 1. The number of carbonyl (C=O) groups is 1. The molecular formula is C11H16NO+. The molecule has 0 bridgehead atoms. The van der Waals surface area contributed by atoms with Crippen LogP contribution in [0.1, 0.15) is 24.2 Å². The Labute approximate surface area is 79.0 Å². The maximum absolute atomic E-state index is 11.7. The van der Waals surface area contributed by atoms with Gasteiger partial charge >= 0.3 is 0 Å².